The third-order valence-corrected chi connectivity index (χ3v) is 3.83. The van der Waals surface area contributed by atoms with E-state index in [0.717, 1.165) is 30.7 Å². The molecule has 1 aliphatic rings. The molecule has 1 amide bonds. The van der Waals surface area contributed by atoms with Crippen LogP contribution in [0.15, 0.2) is 28.8 Å². The second-order valence-electron chi connectivity index (χ2n) is 5.43. The van der Waals surface area contributed by atoms with E-state index in [1.165, 1.54) is 0 Å². The zero-order valence-corrected chi connectivity index (χ0v) is 13.0. The lowest BCUT2D eigenvalue weighted by molar-refractivity contribution is -0.122. The Labute approximate surface area is 134 Å². The lowest BCUT2D eigenvalue weighted by atomic mass is 10.2. The largest absolute Gasteiger partial charge is 0.497 e. The first kappa shape index (κ1) is 15.5. The van der Waals surface area contributed by atoms with Gasteiger partial charge in [0.15, 0.2) is 0 Å². The molecule has 1 saturated heterocycles. The molecular formula is C16H20N4O3. The number of nitrogens with zero attached hydrogens (tertiary/aromatic N) is 2. The standard InChI is InChI=1S/C16H20N4O3/c1-22-12-6-4-11(5-7-12)15-19-14(23-20-15)8-10-18-16(21)13-3-2-9-17-13/h4-7,13,17H,2-3,8-10H2,1H3,(H,18,21). The Hall–Kier alpha value is -2.41. The summed E-state index contributed by atoms with van der Waals surface area (Å²) in [6.07, 6.45) is 2.46. The van der Waals surface area contributed by atoms with Gasteiger partial charge in [-0.3, -0.25) is 4.79 Å². The van der Waals surface area contributed by atoms with E-state index in [9.17, 15) is 4.79 Å². The van der Waals surface area contributed by atoms with Crippen molar-refractivity contribution < 1.29 is 14.1 Å². The molecule has 7 nitrogen and oxygen atoms in total. The number of hydrogen-bond acceptors (Lipinski definition) is 6. The van der Waals surface area contributed by atoms with E-state index in [1.54, 1.807) is 7.11 Å². The van der Waals surface area contributed by atoms with Crippen molar-refractivity contribution in [3.8, 4) is 17.1 Å². The topological polar surface area (TPSA) is 89.3 Å². The van der Waals surface area contributed by atoms with Gasteiger partial charge in [0.25, 0.3) is 0 Å². The quantitative estimate of drug-likeness (QED) is 0.831. The molecule has 1 unspecified atom stereocenters. The summed E-state index contributed by atoms with van der Waals surface area (Å²) in [5.74, 6) is 1.86. The number of carbonyl (C=O) groups excluding carboxylic acids is 1. The van der Waals surface area contributed by atoms with Crippen LogP contribution in [0.3, 0.4) is 0 Å². The van der Waals surface area contributed by atoms with Gasteiger partial charge >= 0.3 is 0 Å². The number of hydrogen-bond donors (Lipinski definition) is 2. The second-order valence-corrected chi connectivity index (χ2v) is 5.43. The van der Waals surface area contributed by atoms with Gasteiger partial charge in [-0.15, -0.1) is 0 Å². The van der Waals surface area contributed by atoms with Crippen LogP contribution in [-0.2, 0) is 11.2 Å². The molecule has 7 heteroatoms. The molecule has 1 aromatic carbocycles. The van der Waals surface area contributed by atoms with Crippen molar-refractivity contribution in [2.75, 3.05) is 20.2 Å². The van der Waals surface area contributed by atoms with Crippen LogP contribution in [-0.4, -0.2) is 42.3 Å². The van der Waals surface area contributed by atoms with Crippen LogP contribution in [0, 0.1) is 0 Å². The zero-order valence-electron chi connectivity index (χ0n) is 13.0. The number of aromatic nitrogens is 2. The first-order chi connectivity index (χ1) is 11.3. The first-order valence-corrected chi connectivity index (χ1v) is 7.74. The highest BCUT2D eigenvalue weighted by Crippen LogP contribution is 2.19. The molecule has 1 aromatic heterocycles. The summed E-state index contributed by atoms with van der Waals surface area (Å²) in [6.45, 7) is 1.40. The summed E-state index contributed by atoms with van der Waals surface area (Å²) < 4.78 is 10.3. The Morgan fingerprint density at radius 1 is 1.43 bits per heavy atom. The SMILES string of the molecule is COc1ccc(-c2noc(CCNC(=O)C3CCCN3)n2)cc1. The monoisotopic (exact) mass is 316 g/mol. The predicted octanol–water partition coefficient (Wildman–Crippen LogP) is 1.16. The zero-order chi connectivity index (χ0) is 16.1. The normalized spacial score (nSPS) is 17.2. The van der Waals surface area contributed by atoms with Crippen molar-refractivity contribution >= 4 is 5.91 Å². The van der Waals surface area contributed by atoms with Crippen molar-refractivity contribution in [3.05, 3.63) is 30.2 Å². The van der Waals surface area contributed by atoms with Gasteiger partial charge in [-0.25, -0.2) is 0 Å². The lowest BCUT2D eigenvalue weighted by Gasteiger charge is -2.09. The molecule has 0 aliphatic carbocycles. The van der Waals surface area contributed by atoms with Gasteiger partial charge in [-0.05, 0) is 43.7 Å². The van der Waals surface area contributed by atoms with Crippen molar-refractivity contribution in [3.63, 3.8) is 0 Å². The highest BCUT2D eigenvalue weighted by molar-refractivity contribution is 5.81. The van der Waals surface area contributed by atoms with Crippen LogP contribution in [0.2, 0.25) is 0 Å². The van der Waals surface area contributed by atoms with Gasteiger partial charge in [0.05, 0.1) is 13.2 Å². The van der Waals surface area contributed by atoms with Crippen LogP contribution in [0.4, 0.5) is 0 Å². The molecule has 1 aliphatic heterocycles. The van der Waals surface area contributed by atoms with E-state index in [-0.39, 0.29) is 11.9 Å². The molecule has 0 spiro atoms. The maximum absolute atomic E-state index is 11.9. The minimum atomic E-state index is -0.0625. The average molecular weight is 316 g/mol. The van der Waals surface area contributed by atoms with Gasteiger partial charge in [0, 0.05) is 18.5 Å². The molecule has 1 fully saturated rings. The Bertz CT molecular complexity index is 648. The number of benzene rings is 1. The van der Waals surface area contributed by atoms with Crippen LogP contribution >= 0.6 is 0 Å². The van der Waals surface area contributed by atoms with Gasteiger partial charge in [-0.1, -0.05) is 5.16 Å². The van der Waals surface area contributed by atoms with E-state index < -0.39 is 0 Å². The van der Waals surface area contributed by atoms with Crippen LogP contribution < -0.4 is 15.4 Å². The van der Waals surface area contributed by atoms with Crippen molar-refractivity contribution in [1.82, 2.24) is 20.8 Å². The lowest BCUT2D eigenvalue weighted by Crippen LogP contribution is -2.41. The smallest absolute Gasteiger partial charge is 0.237 e. The molecule has 0 bridgehead atoms. The van der Waals surface area contributed by atoms with Gasteiger partial charge in [0.1, 0.15) is 5.75 Å². The van der Waals surface area contributed by atoms with Crippen LogP contribution in [0.1, 0.15) is 18.7 Å². The minimum absolute atomic E-state index is 0.0393. The number of nitrogens with one attached hydrogen (secondary N) is 2. The predicted molar refractivity (Wildman–Crippen MR) is 84.0 cm³/mol. The third kappa shape index (κ3) is 3.87. The fourth-order valence-corrected chi connectivity index (χ4v) is 2.54. The summed E-state index contributed by atoms with van der Waals surface area (Å²) in [5.41, 5.74) is 0.861. The molecule has 122 valence electrons. The number of methoxy groups -OCH3 is 1. The maximum atomic E-state index is 11.9. The number of ether oxygens (including phenoxy) is 1. The first-order valence-electron chi connectivity index (χ1n) is 7.74. The Morgan fingerprint density at radius 2 is 2.26 bits per heavy atom. The molecule has 2 aromatic rings. The van der Waals surface area contributed by atoms with E-state index in [2.05, 4.69) is 20.8 Å². The van der Waals surface area contributed by atoms with E-state index in [0.29, 0.717) is 24.7 Å². The third-order valence-electron chi connectivity index (χ3n) is 3.83. The summed E-state index contributed by atoms with van der Waals surface area (Å²) in [7, 11) is 1.62. The second kappa shape index (κ2) is 7.23. The van der Waals surface area contributed by atoms with E-state index in [1.807, 2.05) is 24.3 Å². The highest BCUT2D eigenvalue weighted by Gasteiger charge is 2.21. The summed E-state index contributed by atoms with van der Waals surface area (Å²) in [5, 5.41) is 10.0. The maximum Gasteiger partial charge on any atom is 0.237 e. The minimum Gasteiger partial charge on any atom is -0.497 e. The molecule has 2 N–H and O–H groups in total. The molecule has 3 rings (SSSR count). The Kier molecular flexibility index (Phi) is 4.87. The number of rotatable bonds is 6. The molecule has 23 heavy (non-hydrogen) atoms. The Morgan fingerprint density at radius 3 is 2.96 bits per heavy atom. The van der Waals surface area contributed by atoms with Crippen molar-refractivity contribution in [2.45, 2.75) is 25.3 Å². The molecule has 0 radical (unpaired) electrons. The summed E-state index contributed by atoms with van der Waals surface area (Å²) in [6, 6.07) is 7.38. The average Bonchev–Trinajstić information content (AvgIpc) is 3.27. The fraction of sp³-hybridized carbons (Fsp3) is 0.438. The number of carbonyl (C=O) groups is 1. The van der Waals surface area contributed by atoms with Gasteiger partial charge < -0.3 is 19.9 Å². The van der Waals surface area contributed by atoms with Gasteiger partial charge in [0.2, 0.25) is 17.6 Å². The highest BCUT2D eigenvalue weighted by atomic mass is 16.5. The van der Waals surface area contributed by atoms with Crippen LogP contribution in [0.5, 0.6) is 5.75 Å². The molecule has 2 heterocycles. The van der Waals surface area contributed by atoms with Gasteiger partial charge in [-0.2, -0.15) is 4.98 Å². The van der Waals surface area contributed by atoms with Crippen LogP contribution in [0.25, 0.3) is 11.4 Å². The molecule has 1 atom stereocenters. The van der Waals surface area contributed by atoms with E-state index >= 15 is 0 Å². The summed E-state index contributed by atoms with van der Waals surface area (Å²) >= 11 is 0. The fourth-order valence-electron chi connectivity index (χ4n) is 2.54. The molecule has 0 saturated carbocycles. The molecular weight excluding hydrogens is 296 g/mol. The van der Waals surface area contributed by atoms with Crippen molar-refractivity contribution in [2.24, 2.45) is 0 Å². The van der Waals surface area contributed by atoms with Crippen molar-refractivity contribution in [1.29, 1.82) is 0 Å². The summed E-state index contributed by atoms with van der Waals surface area (Å²) in [4.78, 5) is 16.2. The number of amides is 1. The van der Waals surface area contributed by atoms with E-state index in [4.69, 9.17) is 9.26 Å². The Balaban J connectivity index is 1.51.